The van der Waals surface area contributed by atoms with Crippen molar-refractivity contribution in [1.29, 1.82) is 0 Å². The predicted molar refractivity (Wildman–Crippen MR) is 110 cm³/mol. The highest BCUT2D eigenvalue weighted by Crippen LogP contribution is 2.40. The molecule has 31 heavy (non-hydrogen) atoms. The van der Waals surface area contributed by atoms with Gasteiger partial charge in [-0.3, -0.25) is 4.79 Å². The van der Waals surface area contributed by atoms with Gasteiger partial charge in [0.2, 0.25) is 0 Å². The van der Waals surface area contributed by atoms with Crippen LogP contribution in [0, 0.1) is 11.8 Å². The molecule has 1 N–H and O–H groups in total. The number of rotatable bonds is 4. The molecule has 168 valence electrons. The highest BCUT2D eigenvalue weighted by atomic mass is 16.6. The summed E-state index contributed by atoms with van der Waals surface area (Å²) in [7, 11) is 0. The minimum absolute atomic E-state index is 0.00334. The van der Waals surface area contributed by atoms with Gasteiger partial charge in [-0.05, 0) is 39.2 Å². The Bertz CT molecular complexity index is 878. The summed E-state index contributed by atoms with van der Waals surface area (Å²) in [6.45, 7) is 16.6. The van der Waals surface area contributed by atoms with Crippen molar-refractivity contribution in [3.63, 3.8) is 0 Å². The van der Waals surface area contributed by atoms with E-state index in [0.29, 0.717) is 6.42 Å². The van der Waals surface area contributed by atoms with E-state index >= 15 is 0 Å². The van der Waals surface area contributed by atoms with Crippen LogP contribution in [0.2, 0.25) is 0 Å². The Morgan fingerprint density at radius 2 is 1.71 bits per heavy atom. The lowest BCUT2D eigenvalue weighted by atomic mass is 9.77. The van der Waals surface area contributed by atoms with Crippen LogP contribution in [0.15, 0.2) is 48.6 Å². The Hall–Kier alpha value is -3.00. The molecule has 1 fully saturated rings. The van der Waals surface area contributed by atoms with Gasteiger partial charge in [0.05, 0.1) is 5.92 Å². The zero-order chi connectivity index (χ0) is 23.7. The summed E-state index contributed by atoms with van der Waals surface area (Å²) in [5, 5.41) is 11.2. The Morgan fingerprint density at radius 1 is 1.16 bits per heavy atom. The second-order valence-electron chi connectivity index (χ2n) is 8.34. The van der Waals surface area contributed by atoms with Crippen molar-refractivity contribution in [2.45, 2.75) is 58.0 Å². The molecule has 2 rings (SSSR count). The summed E-state index contributed by atoms with van der Waals surface area (Å²) in [5.74, 6) is -4.39. The monoisotopic (exact) mass is 432 g/mol. The van der Waals surface area contributed by atoms with E-state index in [9.17, 15) is 24.3 Å². The fourth-order valence-corrected chi connectivity index (χ4v) is 3.52. The van der Waals surface area contributed by atoms with Gasteiger partial charge in [0.15, 0.2) is 23.6 Å². The van der Waals surface area contributed by atoms with Gasteiger partial charge in [-0.15, -0.1) is 0 Å². The van der Waals surface area contributed by atoms with Crippen LogP contribution in [0.4, 0.5) is 0 Å². The molecule has 0 saturated carbocycles. The number of esters is 3. The average molecular weight is 432 g/mol. The van der Waals surface area contributed by atoms with E-state index in [4.69, 9.17) is 14.2 Å². The number of hydrogen-bond donors (Lipinski definition) is 1. The standard InChI is InChI=1S/C23H28O8/c1-11(2)20(25)30-18-17-14(6)22(27)29-15(17)10-13(5)8-9-16(24)23(7,28)19(18)31-21(26)12(3)4/h8-9,13,15,17-19,28H,1,3,6,10H2,2,4-5,7H3/b9-8+/t13-,15+,17-,18-,19+,23-/m0/s1. The highest BCUT2D eigenvalue weighted by molar-refractivity contribution is 5.98. The van der Waals surface area contributed by atoms with Crippen LogP contribution < -0.4 is 0 Å². The molecular formula is C23H28O8. The Labute approximate surface area is 181 Å². The van der Waals surface area contributed by atoms with Gasteiger partial charge in [-0.2, -0.15) is 0 Å². The smallest absolute Gasteiger partial charge is 0.334 e. The summed E-state index contributed by atoms with van der Waals surface area (Å²) in [4.78, 5) is 50.0. The van der Waals surface area contributed by atoms with E-state index in [1.54, 1.807) is 13.0 Å². The lowest BCUT2D eigenvalue weighted by Crippen LogP contribution is -2.58. The van der Waals surface area contributed by atoms with Crippen LogP contribution in [0.1, 0.15) is 34.1 Å². The molecule has 0 spiro atoms. The first kappa shape index (κ1) is 24.3. The first-order valence-corrected chi connectivity index (χ1v) is 9.85. The van der Waals surface area contributed by atoms with Crippen LogP contribution in [-0.2, 0) is 33.4 Å². The van der Waals surface area contributed by atoms with Crippen LogP contribution >= 0.6 is 0 Å². The van der Waals surface area contributed by atoms with Crippen molar-refractivity contribution in [2.24, 2.45) is 11.8 Å². The van der Waals surface area contributed by atoms with Crippen LogP contribution in [-0.4, -0.2) is 52.7 Å². The second-order valence-corrected chi connectivity index (χ2v) is 8.34. The maximum Gasteiger partial charge on any atom is 0.334 e. The van der Waals surface area contributed by atoms with Gasteiger partial charge in [-0.25, -0.2) is 14.4 Å². The van der Waals surface area contributed by atoms with Crippen molar-refractivity contribution in [3.8, 4) is 0 Å². The summed E-state index contributed by atoms with van der Waals surface area (Å²) in [6.07, 6.45) is -0.865. The molecule has 0 aromatic rings. The molecule has 6 atom stereocenters. The molecule has 8 heteroatoms. The first-order valence-electron chi connectivity index (χ1n) is 9.85. The lowest BCUT2D eigenvalue weighted by Gasteiger charge is -2.39. The maximum atomic E-state index is 12.8. The quantitative estimate of drug-likeness (QED) is 0.407. The molecule has 2 aliphatic rings. The number of carbonyl (C=O) groups excluding carboxylic acids is 4. The highest BCUT2D eigenvalue weighted by Gasteiger charge is 2.56. The minimum atomic E-state index is -2.30. The fraction of sp³-hybridized carbons (Fsp3) is 0.478. The predicted octanol–water partition coefficient (Wildman–Crippen LogP) is 1.98. The topological polar surface area (TPSA) is 116 Å². The SMILES string of the molecule is C=C(C)C(=O)O[C@H]1[C@H]2C(=C)C(=O)O[C@@H]2C[C@@H](C)/C=C/C(=O)[C@](C)(O)[C@@H]1OC(=O)C(=C)C. The summed E-state index contributed by atoms with van der Waals surface area (Å²) < 4.78 is 16.4. The van der Waals surface area contributed by atoms with Crippen molar-refractivity contribution >= 4 is 23.7 Å². The van der Waals surface area contributed by atoms with E-state index in [-0.39, 0.29) is 22.6 Å². The zero-order valence-corrected chi connectivity index (χ0v) is 18.2. The zero-order valence-electron chi connectivity index (χ0n) is 18.2. The molecule has 1 saturated heterocycles. The van der Waals surface area contributed by atoms with Crippen LogP contribution in [0.25, 0.3) is 0 Å². The molecule has 0 amide bonds. The third kappa shape index (κ3) is 5.02. The van der Waals surface area contributed by atoms with Crippen molar-refractivity contribution in [3.05, 3.63) is 48.6 Å². The van der Waals surface area contributed by atoms with E-state index in [1.165, 1.54) is 19.9 Å². The first-order chi connectivity index (χ1) is 14.3. The Balaban J connectivity index is 2.71. The lowest BCUT2D eigenvalue weighted by molar-refractivity contribution is -0.193. The fourth-order valence-electron chi connectivity index (χ4n) is 3.52. The number of ether oxygens (including phenoxy) is 3. The molecule has 0 radical (unpaired) electrons. The molecule has 0 unspecified atom stereocenters. The molecule has 0 aromatic heterocycles. The van der Waals surface area contributed by atoms with Crippen LogP contribution in [0.3, 0.4) is 0 Å². The van der Waals surface area contributed by atoms with Gasteiger partial charge < -0.3 is 19.3 Å². The summed E-state index contributed by atoms with van der Waals surface area (Å²) >= 11 is 0. The summed E-state index contributed by atoms with van der Waals surface area (Å²) in [6, 6.07) is 0. The van der Waals surface area contributed by atoms with Gasteiger partial charge in [-0.1, -0.05) is 32.7 Å². The molecule has 0 bridgehead atoms. The Morgan fingerprint density at radius 3 is 2.26 bits per heavy atom. The number of aliphatic hydroxyl groups is 1. The number of hydrogen-bond acceptors (Lipinski definition) is 8. The molecule has 0 aromatic carbocycles. The normalized spacial score (nSPS) is 34.2. The molecule has 1 aliphatic carbocycles. The molecule has 1 aliphatic heterocycles. The van der Waals surface area contributed by atoms with E-state index in [1.807, 2.05) is 0 Å². The molecule has 1 heterocycles. The number of fused-ring (bicyclic) bond motifs is 1. The van der Waals surface area contributed by atoms with Gasteiger partial charge in [0.1, 0.15) is 6.10 Å². The van der Waals surface area contributed by atoms with Gasteiger partial charge >= 0.3 is 17.9 Å². The summed E-state index contributed by atoms with van der Waals surface area (Å²) in [5.41, 5.74) is -2.27. The van der Waals surface area contributed by atoms with Crippen molar-refractivity contribution in [2.75, 3.05) is 0 Å². The average Bonchev–Trinajstić information content (AvgIpc) is 2.94. The minimum Gasteiger partial charge on any atom is -0.458 e. The van der Waals surface area contributed by atoms with Gasteiger partial charge in [0.25, 0.3) is 0 Å². The largest absolute Gasteiger partial charge is 0.458 e. The maximum absolute atomic E-state index is 12.8. The Kier molecular flexibility index (Phi) is 7.06. The van der Waals surface area contributed by atoms with Crippen molar-refractivity contribution < 1.29 is 38.5 Å². The van der Waals surface area contributed by atoms with E-state index in [2.05, 4.69) is 19.7 Å². The molecule has 8 nitrogen and oxygen atoms in total. The van der Waals surface area contributed by atoms with E-state index in [0.717, 1.165) is 6.92 Å². The second kappa shape index (κ2) is 9.01. The third-order valence-electron chi connectivity index (χ3n) is 5.38. The van der Waals surface area contributed by atoms with Crippen LogP contribution in [0.5, 0.6) is 0 Å². The van der Waals surface area contributed by atoms with Crippen molar-refractivity contribution in [1.82, 2.24) is 0 Å². The number of allylic oxidation sites excluding steroid dienone is 1. The van der Waals surface area contributed by atoms with Gasteiger partial charge in [0, 0.05) is 16.7 Å². The molecular weight excluding hydrogens is 404 g/mol. The number of carbonyl (C=O) groups is 4. The van der Waals surface area contributed by atoms with E-state index < -0.39 is 53.5 Å². The third-order valence-corrected chi connectivity index (χ3v) is 5.38. The number of ketones is 1.